The van der Waals surface area contributed by atoms with Gasteiger partial charge in [0.1, 0.15) is 0 Å². The van der Waals surface area contributed by atoms with E-state index in [1.54, 1.807) is 24.4 Å². The molecule has 2 aromatic carbocycles. The van der Waals surface area contributed by atoms with Crippen LogP contribution in [0.4, 0.5) is 0 Å². The Bertz CT molecular complexity index is 814. The summed E-state index contributed by atoms with van der Waals surface area (Å²) in [4.78, 5) is 15.5. The Balaban J connectivity index is 2.15. The zero-order valence-corrected chi connectivity index (χ0v) is 11.1. The zero-order valence-electron chi connectivity index (χ0n) is 10.4. The van der Waals surface area contributed by atoms with Crippen LogP contribution in [0, 0.1) is 0 Å². The van der Waals surface area contributed by atoms with Gasteiger partial charge in [-0.15, -0.1) is 0 Å². The van der Waals surface area contributed by atoms with Crippen LogP contribution in [0.1, 0.15) is 10.4 Å². The molecule has 3 nitrogen and oxygen atoms in total. The van der Waals surface area contributed by atoms with E-state index >= 15 is 0 Å². The van der Waals surface area contributed by atoms with Gasteiger partial charge < -0.3 is 5.11 Å². The number of rotatable bonds is 2. The summed E-state index contributed by atoms with van der Waals surface area (Å²) in [6, 6.07) is 14.7. The summed E-state index contributed by atoms with van der Waals surface area (Å²) in [7, 11) is 0. The zero-order chi connectivity index (χ0) is 14.1. The summed E-state index contributed by atoms with van der Waals surface area (Å²) in [5.41, 5.74) is 2.65. The smallest absolute Gasteiger partial charge is 0.337 e. The van der Waals surface area contributed by atoms with Gasteiger partial charge >= 0.3 is 5.97 Å². The molecule has 0 bridgehead atoms. The van der Waals surface area contributed by atoms with Crippen LogP contribution in [-0.2, 0) is 0 Å². The Morgan fingerprint density at radius 2 is 1.85 bits per heavy atom. The molecule has 0 spiro atoms. The summed E-state index contributed by atoms with van der Waals surface area (Å²) in [5.74, 6) is -1.04. The molecule has 20 heavy (non-hydrogen) atoms. The lowest BCUT2D eigenvalue weighted by molar-refractivity contribution is 0.0697. The van der Waals surface area contributed by atoms with Gasteiger partial charge in [0.15, 0.2) is 0 Å². The Hall–Kier alpha value is -2.39. The molecular formula is C16H10ClNO2. The third-order valence-electron chi connectivity index (χ3n) is 3.12. The molecule has 0 aliphatic carbocycles. The highest BCUT2D eigenvalue weighted by Gasteiger charge is 2.10. The molecule has 0 fully saturated rings. The van der Waals surface area contributed by atoms with Crippen molar-refractivity contribution in [3.63, 3.8) is 0 Å². The van der Waals surface area contributed by atoms with Crippen LogP contribution < -0.4 is 0 Å². The highest BCUT2D eigenvalue weighted by molar-refractivity contribution is 6.33. The number of carboxylic acid groups (broad SMARTS) is 1. The van der Waals surface area contributed by atoms with E-state index in [1.165, 1.54) is 0 Å². The van der Waals surface area contributed by atoms with E-state index in [2.05, 4.69) is 4.98 Å². The monoisotopic (exact) mass is 283 g/mol. The van der Waals surface area contributed by atoms with Crippen molar-refractivity contribution >= 4 is 28.5 Å². The largest absolute Gasteiger partial charge is 0.478 e. The maximum atomic E-state index is 11.1. The molecule has 1 heterocycles. The molecule has 0 aliphatic heterocycles. The van der Waals surface area contributed by atoms with Crippen molar-refractivity contribution in [1.29, 1.82) is 0 Å². The number of benzene rings is 2. The average Bonchev–Trinajstić information content (AvgIpc) is 2.47. The molecule has 4 heteroatoms. The number of pyridine rings is 1. The molecule has 0 atom stereocenters. The van der Waals surface area contributed by atoms with Gasteiger partial charge in [-0.05, 0) is 29.8 Å². The van der Waals surface area contributed by atoms with E-state index in [9.17, 15) is 4.79 Å². The maximum Gasteiger partial charge on any atom is 0.337 e. The van der Waals surface area contributed by atoms with Gasteiger partial charge in [-0.2, -0.15) is 0 Å². The summed E-state index contributed by atoms with van der Waals surface area (Å²) in [6.07, 6.45) is 1.73. The SMILES string of the molecule is O=C(O)c1cc(-c2cnc3ccccc3c2)ccc1Cl. The molecule has 0 saturated heterocycles. The number of fused-ring (bicyclic) bond motifs is 1. The van der Waals surface area contributed by atoms with Crippen molar-refractivity contribution in [2.75, 3.05) is 0 Å². The fraction of sp³-hybridized carbons (Fsp3) is 0. The van der Waals surface area contributed by atoms with Crippen LogP contribution in [0.3, 0.4) is 0 Å². The van der Waals surface area contributed by atoms with Gasteiger partial charge in [0, 0.05) is 17.1 Å². The predicted molar refractivity (Wildman–Crippen MR) is 79.1 cm³/mol. The van der Waals surface area contributed by atoms with Crippen LogP contribution >= 0.6 is 11.6 Å². The normalized spacial score (nSPS) is 10.7. The van der Waals surface area contributed by atoms with E-state index in [4.69, 9.17) is 16.7 Å². The van der Waals surface area contributed by atoms with E-state index in [-0.39, 0.29) is 10.6 Å². The molecule has 1 aromatic heterocycles. The lowest BCUT2D eigenvalue weighted by atomic mass is 10.0. The number of halogens is 1. The third-order valence-corrected chi connectivity index (χ3v) is 3.45. The van der Waals surface area contributed by atoms with Crippen molar-refractivity contribution in [3.05, 3.63) is 65.3 Å². The number of para-hydroxylation sites is 1. The van der Waals surface area contributed by atoms with Crippen LogP contribution in [0.5, 0.6) is 0 Å². The van der Waals surface area contributed by atoms with Crippen molar-refractivity contribution in [2.24, 2.45) is 0 Å². The first-order chi connectivity index (χ1) is 9.65. The Morgan fingerprint density at radius 3 is 2.65 bits per heavy atom. The Kier molecular flexibility index (Phi) is 3.12. The second-order valence-corrected chi connectivity index (χ2v) is 4.82. The first kappa shape index (κ1) is 12.6. The lowest BCUT2D eigenvalue weighted by Crippen LogP contribution is -1.97. The number of carbonyl (C=O) groups is 1. The summed E-state index contributed by atoms with van der Waals surface area (Å²) >= 11 is 5.88. The standard InChI is InChI=1S/C16H10ClNO2/c17-14-6-5-10(8-13(14)16(19)20)12-7-11-3-1-2-4-15(11)18-9-12/h1-9H,(H,19,20). The van der Waals surface area contributed by atoms with Crippen LogP contribution in [0.15, 0.2) is 54.7 Å². The molecule has 0 saturated carbocycles. The predicted octanol–water partition coefficient (Wildman–Crippen LogP) is 4.25. The second kappa shape index (κ2) is 4.94. The molecular weight excluding hydrogens is 274 g/mol. The molecule has 0 unspecified atom stereocenters. The number of hydrogen-bond donors (Lipinski definition) is 1. The minimum atomic E-state index is -1.04. The molecule has 0 amide bonds. The fourth-order valence-corrected chi connectivity index (χ4v) is 2.30. The topological polar surface area (TPSA) is 50.2 Å². The first-order valence-corrected chi connectivity index (χ1v) is 6.41. The Labute approximate surface area is 120 Å². The van der Waals surface area contributed by atoms with E-state index in [0.717, 1.165) is 22.0 Å². The molecule has 1 N–H and O–H groups in total. The van der Waals surface area contributed by atoms with Gasteiger partial charge in [0.25, 0.3) is 0 Å². The molecule has 3 rings (SSSR count). The average molecular weight is 284 g/mol. The van der Waals surface area contributed by atoms with E-state index in [0.29, 0.717) is 0 Å². The molecule has 0 radical (unpaired) electrons. The van der Waals surface area contributed by atoms with Crippen LogP contribution in [0.25, 0.3) is 22.0 Å². The van der Waals surface area contributed by atoms with Crippen LogP contribution in [-0.4, -0.2) is 16.1 Å². The molecule has 3 aromatic rings. The summed E-state index contributed by atoms with van der Waals surface area (Å²) in [5, 5.41) is 10.4. The van der Waals surface area contributed by atoms with Crippen molar-refractivity contribution in [2.45, 2.75) is 0 Å². The second-order valence-electron chi connectivity index (χ2n) is 4.42. The highest BCUT2D eigenvalue weighted by atomic mass is 35.5. The van der Waals surface area contributed by atoms with E-state index in [1.807, 2.05) is 30.3 Å². The van der Waals surface area contributed by atoms with Crippen molar-refractivity contribution < 1.29 is 9.90 Å². The lowest BCUT2D eigenvalue weighted by Gasteiger charge is -2.06. The minimum Gasteiger partial charge on any atom is -0.478 e. The summed E-state index contributed by atoms with van der Waals surface area (Å²) in [6.45, 7) is 0. The molecule has 98 valence electrons. The number of aromatic carboxylic acids is 1. The quantitative estimate of drug-likeness (QED) is 0.765. The molecule has 0 aliphatic rings. The maximum absolute atomic E-state index is 11.1. The van der Waals surface area contributed by atoms with Crippen molar-refractivity contribution in [3.8, 4) is 11.1 Å². The van der Waals surface area contributed by atoms with Gasteiger partial charge in [-0.1, -0.05) is 35.9 Å². The van der Waals surface area contributed by atoms with Gasteiger partial charge in [-0.25, -0.2) is 4.79 Å². The van der Waals surface area contributed by atoms with Gasteiger partial charge in [0.05, 0.1) is 16.1 Å². The summed E-state index contributed by atoms with van der Waals surface area (Å²) < 4.78 is 0. The van der Waals surface area contributed by atoms with Gasteiger partial charge in [-0.3, -0.25) is 4.98 Å². The Morgan fingerprint density at radius 1 is 1.05 bits per heavy atom. The number of hydrogen-bond acceptors (Lipinski definition) is 2. The van der Waals surface area contributed by atoms with E-state index < -0.39 is 5.97 Å². The minimum absolute atomic E-state index is 0.0947. The van der Waals surface area contributed by atoms with Crippen LogP contribution in [0.2, 0.25) is 5.02 Å². The first-order valence-electron chi connectivity index (χ1n) is 6.03. The highest BCUT2D eigenvalue weighted by Crippen LogP contribution is 2.26. The number of carboxylic acids is 1. The third kappa shape index (κ3) is 2.24. The fourth-order valence-electron chi connectivity index (χ4n) is 2.10. The number of aromatic nitrogens is 1. The van der Waals surface area contributed by atoms with Gasteiger partial charge in [0.2, 0.25) is 0 Å². The van der Waals surface area contributed by atoms with Crippen molar-refractivity contribution in [1.82, 2.24) is 4.98 Å². The number of nitrogens with zero attached hydrogens (tertiary/aromatic N) is 1.